The van der Waals surface area contributed by atoms with E-state index in [1.807, 2.05) is 35.3 Å². The van der Waals surface area contributed by atoms with E-state index < -0.39 is 0 Å². The van der Waals surface area contributed by atoms with Crippen molar-refractivity contribution in [3.63, 3.8) is 0 Å². The molecule has 6 nitrogen and oxygen atoms in total. The molecule has 3 heterocycles. The van der Waals surface area contributed by atoms with Crippen LogP contribution in [0.1, 0.15) is 61.2 Å². The fraction of sp³-hybridized carbons (Fsp3) is 0.500. The lowest BCUT2D eigenvalue weighted by molar-refractivity contribution is 0.0952. The second kappa shape index (κ2) is 8.95. The lowest BCUT2D eigenvalue weighted by Crippen LogP contribution is -2.30. The zero-order valence-electron chi connectivity index (χ0n) is 17.1. The van der Waals surface area contributed by atoms with E-state index in [2.05, 4.69) is 27.6 Å². The van der Waals surface area contributed by atoms with Crippen molar-refractivity contribution in [1.82, 2.24) is 20.1 Å². The molecule has 0 radical (unpaired) electrons. The molecular formula is C22H29N5OS. The molecule has 0 unspecified atom stereocenters. The third kappa shape index (κ3) is 4.29. The maximum atomic E-state index is 13.0. The first-order chi connectivity index (χ1) is 14.2. The van der Waals surface area contributed by atoms with E-state index in [0.29, 0.717) is 24.1 Å². The molecule has 7 heteroatoms. The number of pyridine rings is 1. The Labute approximate surface area is 175 Å². The van der Waals surface area contributed by atoms with Gasteiger partial charge in [-0.05, 0) is 44.1 Å². The van der Waals surface area contributed by atoms with E-state index in [9.17, 15) is 4.79 Å². The minimum Gasteiger partial charge on any atom is -0.381 e. The van der Waals surface area contributed by atoms with Crippen LogP contribution in [0.3, 0.4) is 0 Å². The Hall–Kier alpha value is -2.41. The molecule has 0 bridgehead atoms. The number of anilines is 1. The van der Waals surface area contributed by atoms with E-state index in [1.165, 1.54) is 32.1 Å². The van der Waals surface area contributed by atoms with Gasteiger partial charge in [0.1, 0.15) is 0 Å². The Morgan fingerprint density at radius 1 is 1.31 bits per heavy atom. The molecule has 29 heavy (non-hydrogen) atoms. The lowest BCUT2D eigenvalue weighted by atomic mass is 9.84. The summed E-state index contributed by atoms with van der Waals surface area (Å²) in [7, 11) is 0. The maximum absolute atomic E-state index is 13.0. The standard InChI is InChI=1S/C22H29N5OS/c1-3-27-21-18(14-25-27)20(26-15(2)16-8-5-4-6-9-16)19(13-23-21)22(28)24-12-17-10-7-11-29-17/h7,10-11,13-16H,3-6,8-9,12H2,1-2H3,(H,23,26)(H,24,28)/t15-/m1/s1. The first-order valence-electron chi connectivity index (χ1n) is 10.6. The van der Waals surface area contributed by atoms with E-state index in [1.54, 1.807) is 17.5 Å². The molecule has 4 rings (SSSR count). The van der Waals surface area contributed by atoms with Crippen molar-refractivity contribution in [3.05, 3.63) is 40.3 Å². The molecular weight excluding hydrogens is 382 g/mol. The monoisotopic (exact) mass is 411 g/mol. The van der Waals surface area contributed by atoms with Gasteiger partial charge in [-0.15, -0.1) is 11.3 Å². The van der Waals surface area contributed by atoms with Crippen LogP contribution in [0.25, 0.3) is 11.0 Å². The summed E-state index contributed by atoms with van der Waals surface area (Å²) < 4.78 is 1.87. The highest BCUT2D eigenvalue weighted by Crippen LogP contribution is 2.32. The number of carbonyl (C=O) groups is 1. The quantitative estimate of drug-likeness (QED) is 0.584. The van der Waals surface area contributed by atoms with Crippen LogP contribution in [0.2, 0.25) is 0 Å². The molecule has 3 aromatic rings. The smallest absolute Gasteiger partial charge is 0.255 e. The number of thiophene rings is 1. The summed E-state index contributed by atoms with van der Waals surface area (Å²) in [6.45, 7) is 5.56. The predicted octanol–water partition coefficient (Wildman–Crippen LogP) is 4.82. The van der Waals surface area contributed by atoms with Crippen molar-refractivity contribution < 1.29 is 4.79 Å². The summed E-state index contributed by atoms with van der Waals surface area (Å²) in [6.07, 6.45) is 9.94. The Kier molecular flexibility index (Phi) is 6.13. The number of amides is 1. The second-order valence-electron chi connectivity index (χ2n) is 7.84. The van der Waals surface area contributed by atoms with E-state index in [-0.39, 0.29) is 5.91 Å². The zero-order chi connectivity index (χ0) is 20.2. The summed E-state index contributed by atoms with van der Waals surface area (Å²) in [5, 5.41) is 14.1. The number of aryl methyl sites for hydroxylation is 1. The van der Waals surface area contributed by atoms with Crippen LogP contribution in [0, 0.1) is 5.92 Å². The number of nitrogens with one attached hydrogen (secondary N) is 2. The number of hydrogen-bond acceptors (Lipinski definition) is 5. The Morgan fingerprint density at radius 2 is 2.14 bits per heavy atom. The third-order valence-electron chi connectivity index (χ3n) is 5.94. The zero-order valence-corrected chi connectivity index (χ0v) is 18.0. The van der Waals surface area contributed by atoms with Crippen LogP contribution in [0.15, 0.2) is 29.9 Å². The number of aromatic nitrogens is 3. The fourth-order valence-electron chi connectivity index (χ4n) is 4.24. The van der Waals surface area contributed by atoms with Crippen molar-refractivity contribution in [2.45, 2.75) is 65.1 Å². The van der Waals surface area contributed by atoms with Gasteiger partial charge in [0.15, 0.2) is 5.65 Å². The largest absolute Gasteiger partial charge is 0.381 e. The summed E-state index contributed by atoms with van der Waals surface area (Å²) in [4.78, 5) is 18.7. The number of rotatable bonds is 7. The number of nitrogens with zero attached hydrogens (tertiary/aromatic N) is 3. The topological polar surface area (TPSA) is 71.8 Å². The average molecular weight is 412 g/mol. The van der Waals surface area contributed by atoms with Gasteiger partial charge in [-0.2, -0.15) is 5.10 Å². The van der Waals surface area contributed by atoms with Crippen molar-refractivity contribution in [2.75, 3.05) is 5.32 Å². The van der Waals surface area contributed by atoms with Crippen LogP contribution in [-0.4, -0.2) is 26.7 Å². The van der Waals surface area contributed by atoms with Crippen molar-refractivity contribution in [3.8, 4) is 0 Å². The second-order valence-corrected chi connectivity index (χ2v) is 8.87. The molecule has 154 valence electrons. The maximum Gasteiger partial charge on any atom is 0.255 e. The Bertz CT molecular complexity index is 959. The van der Waals surface area contributed by atoms with Crippen LogP contribution >= 0.6 is 11.3 Å². The summed E-state index contributed by atoms with van der Waals surface area (Å²) >= 11 is 1.64. The molecule has 1 aliphatic carbocycles. The molecule has 1 saturated carbocycles. The average Bonchev–Trinajstić information content (AvgIpc) is 3.42. The molecule has 3 aromatic heterocycles. The first kappa shape index (κ1) is 19.9. The van der Waals surface area contributed by atoms with Gasteiger partial charge in [-0.3, -0.25) is 4.79 Å². The number of hydrogen-bond donors (Lipinski definition) is 2. The van der Waals surface area contributed by atoms with Gasteiger partial charge in [0.25, 0.3) is 5.91 Å². The van der Waals surface area contributed by atoms with E-state index in [4.69, 9.17) is 0 Å². The highest BCUT2D eigenvalue weighted by atomic mass is 32.1. The minimum absolute atomic E-state index is 0.101. The van der Waals surface area contributed by atoms with Gasteiger partial charge in [-0.25, -0.2) is 9.67 Å². The van der Waals surface area contributed by atoms with Crippen LogP contribution in [0.4, 0.5) is 5.69 Å². The molecule has 1 aliphatic rings. The van der Waals surface area contributed by atoms with Crippen LogP contribution in [-0.2, 0) is 13.1 Å². The van der Waals surface area contributed by atoms with E-state index in [0.717, 1.165) is 28.1 Å². The molecule has 2 N–H and O–H groups in total. The van der Waals surface area contributed by atoms with Crippen molar-refractivity contribution >= 4 is 34.0 Å². The number of fused-ring (bicyclic) bond motifs is 1. The molecule has 1 fully saturated rings. The van der Waals surface area contributed by atoms with Gasteiger partial charge in [0, 0.05) is 23.7 Å². The number of carbonyl (C=O) groups excluding carboxylic acids is 1. The Balaban J connectivity index is 1.63. The molecule has 1 amide bonds. The normalized spacial score (nSPS) is 16.1. The van der Waals surface area contributed by atoms with Crippen LogP contribution in [0.5, 0.6) is 0 Å². The van der Waals surface area contributed by atoms with Gasteiger partial charge >= 0.3 is 0 Å². The molecule has 1 atom stereocenters. The van der Waals surface area contributed by atoms with Crippen molar-refractivity contribution in [1.29, 1.82) is 0 Å². The highest BCUT2D eigenvalue weighted by molar-refractivity contribution is 7.09. The van der Waals surface area contributed by atoms with Gasteiger partial charge in [0.2, 0.25) is 0 Å². The summed E-state index contributed by atoms with van der Waals surface area (Å²) in [5.74, 6) is 0.533. The van der Waals surface area contributed by atoms with Gasteiger partial charge in [-0.1, -0.05) is 25.3 Å². The highest BCUT2D eigenvalue weighted by Gasteiger charge is 2.24. The van der Waals surface area contributed by atoms with Gasteiger partial charge in [0.05, 0.1) is 29.4 Å². The summed E-state index contributed by atoms with van der Waals surface area (Å²) in [5.41, 5.74) is 2.27. The Morgan fingerprint density at radius 3 is 2.86 bits per heavy atom. The first-order valence-corrected chi connectivity index (χ1v) is 11.5. The SMILES string of the molecule is CCn1ncc2c(N[C@H](C)C3CCCCC3)c(C(=O)NCc3cccs3)cnc21. The minimum atomic E-state index is -0.101. The fourth-order valence-corrected chi connectivity index (χ4v) is 4.89. The molecule has 0 aliphatic heterocycles. The summed E-state index contributed by atoms with van der Waals surface area (Å²) in [6, 6.07) is 4.33. The lowest BCUT2D eigenvalue weighted by Gasteiger charge is -2.29. The van der Waals surface area contributed by atoms with Crippen molar-refractivity contribution in [2.24, 2.45) is 5.92 Å². The van der Waals surface area contributed by atoms with Gasteiger partial charge < -0.3 is 10.6 Å². The molecule has 0 aromatic carbocycles. The van der Waals surface area contributed by atoms with E-state index >= 15 is 0 Å². The molecule has 0 saturated heterocycles. The van der Waals surface area contributed by atoms with Crippen LogP contribution < -0.4 is 10.6 Å². The third-order valence-corrected chi connectivity index (χ3v) is 6.82. The molecule has 0 spiro atoms. The predicted molar refractivity (Wildman–Crippen MR) is 118 cm³/mol.